The van der Waals surface area contributed by atoms with Crippen LogP contribution >= 0.6 is 0 Å². The molecule has 256 valence electrons. The lowest BCUT2D eigenvalue weighted by molar-refractivity contribution is -0.141. The van der Waals surface area contributed by atoms with Crippen molar-refractivity contribution in [3.05, 3.63) is 65.5 Å². The number of alkyl halides is 3. The van der Waals surface area contributed by atoms with E-state index in [1.165, 1.54) is 4.90 Å². The van der Waals surface area contributed by atoms with Gasteiger partial charge in [-0.1, -0.05) is 32.1 Å². The smallest absolute Gasteiger partial charge is 0.418 e. The number of amides is 2. The number of ether oxygens (including phenoxy) is 1. The lowest BCUT2D eigenvalue weighted by Crippen LogP contribution is -2.55. The second kappa shape index (κ2) is 16.6. The summed E-state index contributed by atoms with van der Waals surface area (Å²) in [6, 6.07) is 3.63. The van der Waals surface area contributed by atoms with E-state index in [2.05, 4.69) is 17.6 Å². The van der Waals surface area contributed by atoms with Crippen molar-refractivity contribution in [2.24, 2.45) is 11.3 Å². The first-order chi connectivity index (χ1) is 22.3. The molecule has 0 bridgehead atoms. The summed E-state index contributed by atoms with van der Waals surface area (Å²) >= 11 is 0. The Morgan fingerprint density at radius 3 is 2.51 bits per heavy atom. The van der Waals surface area contributed by atoms with Crippen LogP contribution in [-0.2, 0) is 20.5 Å². The van der Waals surface area contributed by atoms with E-state index in [0.29, 0.717) is 38.5 Å². The van der Waals surface area contributed by atoms with E-state index in [1.54, 1.807) is 24.0 Å². The fourth-order valence-corrected chi connectivity index (χ4v) is 6.45. The summed E-state index contributed by atoms with van der Waals surface area (Å²) in [6.07, 6.45) is 2.42. The molecule has 2 amide bonds. The molecule has 2 aliphatic heterocycles. The molecule has 47 heavy (non-hydrogen) atoms. The van der Waals surface area contributed by atoms with Gasteiger partial charge in [0.2, 0.25) is 5.91 Å². The van der Waals surface area contributed by atoms with Crippen LogP contribution in [0.5, 0.6) is 0 Å². The van der Waals surface area contributed by atoms with Crippen LogP contribution in [0.25, 0.3) is 0 Å². The molecule has 13 heteroatoms. The minimum atomic E-state index is -4.77. The van der Waals surface area contributed by atoms with Crippen LogP contribution in [0.2, 0.25) is 0 Å². The molecule has 2 fully saturated rings. The predicted octanol–water partition coefficient (Wildman–Crippen LogP) is 6.84. The summed E-state index contributed by atoms with van der Waals surface area (Å²) in [5, 5.41) is 19.2. The zero-order valence-electron chi connectivity index (χ0n) is 26.8. The summed E-state index contributed by atoms with van der Waals surface area (Å²) < 4.78 is 61.6. The molecule has 0 saturated carbocycles. The van der Waals surface area contributed by atoms with Gasteiger partial charge in [-0.15, -0.1) is 0 Å². The number of carbonyl (C=O) groups excluding carboxylic acids is 2. The second-order valence-corrected chi connectivity index (χ2v) is 11.9. The van der Waals surface area contributed by atoms with E-state index >= 15 is 0 Å². The highest BCUT2D eigenvalue weighted by Crippen LogP contribution is 2.43. The number of unbranched alkanes of at least 4 members (excludes halogenated alkanes) is 1. The molecule has 0 spiro atoms. The van der Waals surface area contributed by atoms with Crippen LogP contribution in [0.1, 0.15) is 87.7 Å². The molecule has 2 saturated heterocycles. The highest BCUT2D eigenvalue weighted by molar-refractivity contribution is 5.95. The van der Waals surface area contributed by atoms with E-state index in [0.717, 1.165) is 18.3 Å². The Morgan fingerprint density at radius 1 is 1.23 bits per heavy atom. The molecule has 2 atom stereocenters. The van der Waals surface area contributed by atoms with Gasteiger partial charge in [-0.05, 0) is 64.0 Å². The SMILES string of the molecule is C=C(F)/C(OCCCCC(=O)O)=C(\C=CC)C1(C#N)CCN(C(=O)C2CCCN(C(=O)c3ncccc3C(F)(F)F)C2CCC)CC1. The largest absolute Gasteiger partial charge is 0.490 e. The summed E-state index contributed by atoms with van der Waals surface area (Å²) in [6.45, 7) is 7.50. The first-order valence-corrected chi connectivity index (χ1v) is 15.9. The Hall–Kier alpha value is -4.21. The molecule has 3 heterocycles. The highest BCUT2D eigenvalue weighted by atomic mass is 19.4. The molecule has 2 unspecified atom stereocenters. The van der Waals surface area contributed by atoms with E-state index in [-0.39, 0.29) is 62.7 Å². The van der Waals surface area contributed by atoms with Gasteiger partial charge in [0.05, 0.1) is 29.6 Å². The lowest BCUT2D eigenvalue weighted by atomic mass is 9.72. The van der Waals surface area contributed by atoms with Gasteiger partial charge in [0.25, 0.3) is 5.91 Å². The number of rotatable bonds is 13. The first kappa shape index (κ1) is 37.2. The first-order valence-electron chi connectivity index (χ1n) is 15.9. The lowest BCUT2D eigenvalue weighted by Gasteiger charge is -2.44. The van der Waals surface area contributed by atoms with Gasteiger partial charge in [0.1, 0.15) is 5.69 Å². The molecular formula is C34H42F4N4O5. The van der Waals surface area contributed by atoms with Crippen molar-refractivity contribution in [2.75, 3.05) is 26.2 Å². The quantitative estimate of drug-likeness (QED) is 0.106. The molecule has 1 N–H and O–H groups in total. The van der Waals surface area contributed by atoms with Crippen LogP contribution in [-0.4, -0.2) is 70.0 Å². The topological polar surface area (TPSA) is 124 Å². The fraction of sp³-hybridized carbons (Fsp3) is 0.559. The van der Waals surface area contributed by atoms with Gasteiger partial charge < -0.3 is 19.6 Å². The van der Waals surface area contributed by atoms with Crippen molar-refractivity contribution in [3.63, 3.8) is 0 Å². The van der Waals surface area contributed by atoms with Gasteiger partial charge in [-0.3, -0.25) is 19.4 Å². The molecule has 9 nitrogen and oxygen atoms in total. The zero-order chi connectivity index (χ0) is 34.8. The number of aromatic nitrogens is 1. The fourth-order valence-electron chi connectivity index (χ4n) is 6.45. The Kier molecular flexibility index (Phi) is 13.1. The van der Waals surface area contributed by atoms with Gasteiger partial charge in [0.15, 0.2) is 11.6 Å². The van der Waals surface area contributed by atoms with Crippen LogP contribution in [0.3, 0.4) is 0 Å². The van der Waals surface area contributed by atoms with Crippen LogP contribution in [0.4, 0.5) is 17.6 Å². The van der Waals surface area contributed by atoms with Gasteiger partial charge in [0, 0.05) is 43.9 Å². The number of hydrogen-bond acceptors (Lipinski definition) is 6. The van der Waals surface area contributed by atoms with Crippen LogP contribution in [0.15, 0.2) is 54.2 Å². The van der Waals surface area contributed by atoms with E-state index in [9.17, 15) is 37.2 Å². The Balaban J connectivity index is 1.83. The normalized spacial score (nSPS) is 20.4. The molecular weight excluding hydrogens is 620 g/mol. The number of likely N-dealkylation sites (tertiary alicyclic amines) is 2. The Labute approximate surface area is 272 Å². The number of halogens is 4. The number of carboxylic acids is 1. The molecule has 0 radical (unpaired) electrons. The van der Waals surface area contributed by atoms with Gasteiger partial charge in [-0.25, -0.2) is 4.39 Å². The summed E-state index contributed by atoms with van der Waals surface area (Å²) in [5.74, 6) is -3.77. The van der Waals surface area contributed by atoms with Crippen molar-refractivity contribution in [1.82, 2.24) is 14.8 Å². The number of nitrogens with zero attached hydrogens (tertiary/aromatic N) is 4. The summed E-state index contributed by atoms with van der Waals surface area (Å²) in [4.78, 5) is 45.1. The maximum Gasteiger partial charge on any atom is 0.418 e. The van der Waals surface area contributed by atoms with Crippen molar-refractivity contribution in [3.8, 4) is 6.07 Å². The van der Waals surface area contributed by atoms with Gasteiger partial charge >= 0.3 is 12.1 Å². The molecule has 3 rings (SSSR count). The second-order valence-electron chi connectivity index (χ2n) is 11.9. The van der Waals surface area contributed by atoms with E-state index in [1.807, 2.05) is 6.92 Å². The number of pyridine rings is 1. The number of nitriles is 1. The molecule has 1 aromatic heterocycles. The third-order valence-electron chi connectivity index (χ3n) is 8.77. The third kappa shape index (κ3) is 8.99. The average molecular weight is 663 g/mol. The minimum Gasteiger partial charge on any atom is -0.490 e. The molecule has 0 aliphatic carbocycles. The predicted molar refractivity (Wildman–Crippen MR) is 165 cm³/mol. The zero-order valence-corrected chi connectivity index (χ0v) is 26.8. The van der Waals surface area contributed by atoms with Crippen molar-refractivity contribution in [1.29, 1.82) is 5.26 Å². The monoisotopic (exact) mass is 662 g/mol. The van der Waals surface area contributed by atoms with E-state index in [4.69, 9.17) is 9.84 Å². The highest BCUT2D eigenvalue weighted by Gasteiger charge is 2.46. The van der Waals surface area contributed by atoms with Crippen molar-refractivity contribution >= 4 is 17.8 Å². The number of hydrogen-bond donors (Lipinski definition) is 1. The van der Waals surface area contributed by atoms with Crippen LogP contribution in [0, 0.1) is 22.7 Å². The van der Waals surface area contributed by atoms with Gasteiger partial charge in [-0.2, -0.15) is 18.4 Å². The minimum absolute atomic E-state index is 0.0252. The molecule has 2 aliphatic rings. The summed E-state index contributed by atoms with van der Waals surface area (Å²) in [5.41, 5.74) is -2.74. The summed E-state index contributed by atoms with van der Waals surface area (Å²) in [7, 11) is 0. The number of carboxylic acid groups (broad SMARTS) is 1. The number of piperidine rings is 2. The van der Waals surface area contributed by atoms with Crippen molar-refractivity contribution < 1.29 is 41.8 Å². The van der Waals surface area contributed by atoms with Crippen molar-refractivity contribution in [2.45, 2.75) is 83.9 Å². The Bertz CT molecular complexity index is 1410. The number of aliphatic carboxylic acids is 1. The maximum atomic E-state index is 14.7. The average Bonchev–Trinajstić information content (AvgIpc) is 3.04. The Morgan fingerprint density at radius 2 is 1.94 bits per heavy atom. The molecule has 0 aromatic carbocycles. The molecule has 1 aromatic rings. The number of carbonyl (C=O) groups is 3. The standard InChI is InChI=1S/C34H42F4N4O5/c1-4-10-26(30(23(3)35)47-21-7-6-14-28(43)44)33(22-39)15-19-41(20-16-33)31(45)24-12-9-18-42(27(24)11-5-2)32(46)29-25(34(36,37)38)13-8-17-40-29/h4,8,10,13,17,24,27H,3,5-7,9,11-12,14-16,18-21H2,1-2H3,(H,43,44)/b10-4?,30-26-. The van der Waals surface area contributed by atoms with E-state index < -0.39 is 52.5 Å². The number of allylic oxidation sites excluding steroid dienone is 4. The maximum absolute atomic E-state index is 14.7. The third-order valence-corrected chi connectivity index (χ3v) is 8.77. The van der Waals surface area contributed by atoms with Crippen LogP contribution < -0.4 is 0 Å².